The Morgan fingerprint density at radius 2 is 2.07 bits per heavy atom. The Hall–Kier alpha value is -1.71. The molecule has 0 aromatic heterocycles. The van der Waals surface area contributed by atoms with Crippen molar-refractivity contribution in [1.29, 1.82) is 0 Å². The highest BCUT2D eigenvalue weighted by atomic mass is 16.5. The quantitative estimate of drug-likeness (QED) is 0.767. The number of nitrogens with one attached hydrogen (secondary N) is 1. The number of hydrogen-bond donors (Lipinski definition) is 1. The normalized spacial score (nSPS) is 13.4. The van der Waals surface area contributed by atoms with Crippen molar-refractivity contribution in [2.24, 2.45) is 0 Å². The molecular weight excluding hydrogens is 182 g/mol. The molecule has 0 atom stereocenters. The summed E-state index contributed by atoms with van der Waals surface area (Å²) < 4.78 is 10.3. The van der Waals surface area contributed by atoms with E-state index in [-0.39, 0.29) is 5.91 Å². The molecule has 1 aliphatic heterocycles. The molecule has 0 saturated carbocycles. The zero-order valence-corrected chi connectivity index (χ0v) is 8.09. The third-order valence-electron chi connectivity index (χ3n) is 2.23. The van der Waals surface area contributed by atoms with Crippen LogP contribution in [0, 0.1) is 0 Å². The van der Waals surface area contributed by atoms with Crippen molar-refractivity contribution in [2.45, 2.75) is 6.42 Å². The zero-order valence-electron chi connectivity index (χ0n) is 8.09. The topological polar surface area (TPSA) is 47.6 Å². The van der Waals surface area contributed by atoms with E-state index in [9.17, 15) is 4.79 Å². The summed E-state index contributed by atoms with van der Waals surface area (Å²) in [6.07, 6.45) is 0.392. The van der Waals surface area contributed by atoms with Crippen LogP contribution in [0.25, 0.3) is 0 Å². The third kappa shape index (κ3) is 1.28. The van der Waals surface area contributed by atoms with Crippen molar-refractivity contribution >= 4 is 11.6 Å². The molecule has 1 aromatic rings. The van der Waals surface area contributed by atoms with Crippen LogP contribution >= 0.6 is 0 Å². The minimum Gasteiger partial charge on any atom is -0.497 e. The molecule has 0 saturated heterocycles. The molecule has 0 aliphatic carbocycles. The largest absolute Gasteiger partial charge is 0.497 e. The molecule has 1 N–H and O–H groups in total. The molecule has 2 rings (SSSR count). The second-order valence-electron chi connectivity index (χ2n) is 3.09. The molecule has 0 fully saturated rings. The fraction of sp³-hybridized carbons (Fsp3) is 0.300. The lowest BCUT2D eigenvalue weighted by Crippen LogP contribution is -2.04. The standard InChI is InChI=1S/C10H11NO3/c1-13-7-3-6-4-9(12)11-10(6)8(5-7)14-2/h3,5H,4H2,1-2H3,(H,11,12). The first-order chi connectivity index (χ1) is 6.74. The van der Waals surface area contributed by atoms with Gasteiger partial charge in [-0.25, -0.2) is 0 Å². The molecule has 1 amide bonds. The summed E-state index contributed by atoms with van der Waals surface area (Å²) in [5.41, 5.74) is 1.68. The second-order valence-corrected chi connectivity index (χ2v) is 3.09. The second kappa shape index (κ2) is 3.21. The van der Waals surface area contributed by atoms with Gasteiger partial charge in [-0.05, 0) is 11.6 Å². The van der Waals surface area contributed by atoms with Crippen LogP contribution in [-0.4, -0.2) is 20.1 Å². The van der Waals surface area contributed by atoms with Gasteiger partial charge in [0.2, 0.25) is 5.91 Å². The van der Waals surface area contributed by atoms with Crippen molar-refractivity contribution < 1.29 is 14.3 Å². The Balaban J connectivity index is 2.51. The van der Waals surface area contributed by atoms with E-state index in [0.717, 1.165) is 11.3 Å². The van der Waals surface area contributed by atoms with Gasteiger partial charge in [0.15, 0.2) is 0 Å². The predicted octanol–water partition coefficient (Wildman–Crippen LogP) is 1.20. The lowest BCUT2D eigenvalue weighted by molar-refractivity contribution is -0.115. The molecule has 74 valence electrons. The van der Waals surface area contributed by atoms with Gasteiger partial charge in [-0.1, -0.05) is 0 Å². The van der Waals surface area contributed by atoms with E-state index >= 15 is 0 Å². The van der Waals surface area contributed by atoms with Crippen LogP contribution < -0.4 is 14.8 Å². The van der Waals surface area contributed by atoms with Crippen molar-refractivity contribution in [1.82, 2.24) is 0 Å². The Morgan fingerprint density at radius 3 is 2.71 bits per heavy atom. The SMILES string of the molecule is COc1cc2c(c(OC)c1)NC(=O)C2. The van der Waals surface area contributed by atoms with Crippen LogP contribution in [0.3, 0.4) is 0 Å². The number of carbonyl (C=O) groups excluding carboxylic acids is 1. The molecule has 0 bridgehead atoms. The van der Waals surface area contributed by atoms with Crippen LogP contribution in [-0.2, 0) is 11.2 Å². The molecule has 4 heteroatoms. The van der Waals surface area contributed by atoms with Gasteiger partial charge in [0.1, 0.15) is 11.5 Å². The van der Waals surface area contributed by atoms with Crippen LogP contribution in [0.15, 0.2) is 12.1 Å². The number of methoxy groups -OCH3 is 2. The maximum atomic E-state index is 11.2. The number of amides is 1. The summed E-state index contributed by atoms with van der Waals surface area (Å²) in [6.45, 7) is 0. The van der Waals surface area contributed by atoms with Crippen molar-refractivity contribution in [3.63, 3.8) is 0 Å². The fourth-order valence-electron chi connectivity index (χ4n) is 1.56. The van der Waals surface area contributed by atoms with E-state index in [2.05, 4.69) is 5.32 Å². The molecule has 1 aliphatic rings. The predicted molar refractivity (Wildman–Crippen MR) is 51.9 cm³/mol. The summed E-state index contributed by atoms with van der Waals surface area (Å²) in [4.78, 5) is 11.2. The summed E-state index contributed by atoms with van der Waals surface area (Å²) >= 11 is 0. The molecular formula is C10H11NO3. The number of rotatable bonds is 2. The van der Waals surface area contributed by atoms with Crippen molar-refractivity contribution in [2.75, 3.05) is 19.5 Å². The molecule has 4 nitrogen and oxygen atoms in total. The van der Waals surface area contributed by atoms with Gasteiger partial charge >= 0.3 is 0 Å². The number of hydrogen-bond acceptors (Lipinski definition) is 3. The Bertz CT molecular complexity index is 387. The van der Waals surface area contributed by atoms with Crippen LogP contribution in [0.2, 0.25) is 0 Å². The van der Waals surface area contributed by atoms with E-state index in [1.54, 1.807) is 20.3 Å². The van der Waals surface area contributed by atoms with Crippen LogP contribution in [0.4, 0.5) is 5.69 Å². The number of ether oxygens (including phenoxy) is 2. The van der Waals surface area contributed by atoms with Gasteiger partial charge in [-0.3, -0.25) is 4.79 Å². The van der Waals surface area contributed by atoms with E-state index in [1.807, 2.05) is 6.07 Å². The maximum absolute atomic E-state index is 11.2. The molecule has 14 heavy (non-hydrogen) atoms. The minimum absolute atomic E-state index is 0.00782. The average Bonchev–Trinajstić information content (AvgIpc) is 2.56. The number of anilines is 1. The molecule has 1 aromatic carbocycles. The molecule has 0 unspecified atom stereocenters. The van der Waals surface area contributed by atoms with Gasteiger partial charge in [0.25, 0.3) is 0 Å². The minimum atomic E-state index is -0.00782. The fourth-order valence-corrected chi connectivity index (χ4v) is 1.56. The van der Waals surface area contributed by atoms with Crippen molar-refractivity contribution in [3.8, 4) is 11.5 Å². The third-order valence-corrected chi connectivity index (χ3v) is 2.23. The van der Waals surface area contributed by atoms with E-state index in [4.69, 9.17) is 9.47 Å². The maximum Gasteiger partial charge on any atom is 0.228 e. The Kier molecular flexibility index (Phi) is 2.04. The monoisotopic (exact) mass is 193 g/mol. The number of fused-ring (bicyclic) bond motifs is 1. The highest BCUT2D eigenvalue weighted by molar-refractivity contribution is 6.01. The van der Waals surface area contributed by atoms with Crippen LogP contribution in [0.1, 0.15) is 5.56 Å². The molecule has 0 radical (unpaired) electrons. The van der Waals surface area contributed by atoms with E-state index < -0.39 is 0 Å². The van der Waals surface area contributed by atoms with E-state index in [1.165, 1.54) is 0 Å². The van der Waals surface area contributed by atoms with Gasteiger partial charge in [-0.2, -0.15) is 0 Å². The summed E-state index contributed by atoms with van der Waals surface area (Å²) in [5, 5.41) is 2.75. The zero-order chi connectivity index (χ0) is 10.1. The first-order valence-corrected chi connectivity index (χ1v) is 4.29. The lowest BCUT2D eigenvalue weighted by atomic mass is 10.1. The van der Waals surface area contributed by atoms with Gasteiger partial charge < -0.3 is 14.8 Å². The van der Waals surface area contributed by atoms with Crippen molar-refractivity contribution in [3.05, 3.63) is 17.7 Å². The highest BCUT2D eigenvalue weighted by Gasteiger charge is 2.22. The number of benzene rings is 1. The summed E-state index contributed by atoms with van der Waals surface area (Å²) in [6, 6.07) is 3.60. The Morgan fingerprint density at radius 1 is 1.29 bits per heavy atom. The average molecular weight is 193 g/mol. The lowest BCUT2D eigenvalue weighted by Gasteiger charge is -2.08. The van der Waals surface area contributed by atoms with Gasteiger partial charge in [0.05, 0.1) is 26.3 Å². The molecule has 1 heterocycles. The summed E-state index contributed by atoms with van der Waals surface area (Å²) in [7, 11) is 3.16. The van der Waals surface area contributed by atoms with Gasteiger partial charge in [0, 0.05) is 6.07 Å². The summed E-state index contributed by atoms with van der Waals surface area (Å²) in [5.74, 6) is 1.34. The van der Waals surface area contributed by atoms with Gasteiger partial charge in [-0.15, -0.1) is 0 Å². The first kappa shape index (κ1) is 8.87. The van der Waals surface area contributed by atoms with Crippen LogP contribution in [0.5, 0.6) is 11.5 Å². The van der Waals surface area contributed by atoms with E-state index in [0.29, 0.717) is 17.9 Å². The highest BCUT2D eigenvalue weighted by Crippen LogP contribution is 2.36. The first-order valence-electron chi connectivity index (χ1n) is 4.29. The Labute approximate surface area is 81.8 Å². The number of carbonyl (C=O) groups is 1. The smallest absolute Gasteiger partial charge is 0.228 e. The molecule has 0 spiro atoms.